The van der Waals surface area contributed by atoms with Crippen LogP contribution in [0.5, 0.6) is 0 Å². The van der Waals surface area contributed by atoms with E-state index in [1.165, 1.54) is 7.05 Å². The van der Waals surface area contributed by atoms with Gasteiger partial charge in [-0.25, -0.2) is 18.3 Å². The number of nitrogens with zero attached hydrogens (tertiary/aromatic N) is 3. The van der Waals surface area contributed by atoms with Gasteiger partial charge in [-0.3, -0.25) is 4.57 Å². The fourth-order valence-corrected chi connectivity index (χ4v) is 2.18. The summed E-state index contributed by atoms with van der Waals surface area (Å²) < 4.78 is 28.1. The molecule has 0 unspecified atom stereocenters. The Balaban J connectivity index is 2.44. The quantitative estimate of drug-likeness (QED) is 0.809. The number of rotatable bonds is 3. The van der Waals surface area contributed by atoms with E-state index in [9.17, 15) is 13.6 Å². The molecular weight excluding hydrogens is 312 g/mol. The van der Waals surface area contributed by atoms with E-state index in [-0.39, 0.29) is 12.0 Å². The molecule has 1 aromatic heterocycles. The number of benzene rings is 1. The highest BCUT2D eigenvalue weighted by atomic mass is 19.3. The average molecular weight is 333 g/mol. The summed E-state index contributed by atoms with van der Waals surface area (Å²) in [5.74, 6) is 5.71. The van der Waals surface area contributed by atoms with E-state index in [0.29, 0.717) is 0 Å². The molecule has 0 amide bonds. The van der Waals surface area contributed by atoms with Crippen LogP contribution in [0.3, 0.4) is 0 Å². The number of hydrogen-bond donors (Lipinski definition) is 0. The molecule has 0 aliphatic heterocycles. The largest absolute Gasteiger partial charge is 0.346 e. The van der Waals surface area contributed by atoms with Gasteiger partial charge in [-0.15, -0.1) is 5.10 Å². The maximum atomic E-state index is 13.1. The second-order valence-electron chi connectivity index (χ2n) is 6.79. The molecular formula is C18H21F2N3O. The van der Waals surface area contributed by atoms with Crippen molar-refractivity contribution < 1.29 is 8.78 Å². The Kier molecular flexibility index (Phi) is 4.93. The molecule has 1 heterocycles. The van der Waals surface area contributed by atoms with E-state index in [1.807, 2.05) is 45.9 Å². The predicted octanol–water partition coefficient (Wildman–Crippen LogP) is 3.27. The van der Waals surface area contributed by atoms with E-state index >= 15 is 0 Å². The van der Waals surface area contributed by atoms with Gasteiger partial charge >= 0.3 is 5.69 Å². The van der Waals surface area contributed by atoms with Gasteiger partial charge in [-0.05, 0) is 51.0 Å². The van der Waals surface area contributed by atoms with Crippen LogP contribution < -0.4 is 5.69 Å². The number of aromatic nitrogens is 3. The standard InChI is InChI=1S/C18H21F2N3O/c1-12-6-7-13(8-9-18(2,3)4)10-14(12)11-23-16(15(19)20)21-22(5)17(23)24/h6-7,10,15H,11H2,1-5H3. The molecule has 2 rings (SSSR count). The zero-order valence-electron chi connectivity index (χ0n) is 14.5. The highest BCUT2D eigenvalue weighted by Gasteiger charge is 2.20. The van der Waals surface area contributed by atoms with Crippen molar-refractivity contribution in [1.82, 2.24) is 14.3 Å². The van der Waals surface area contributed by atoms with Crippen LogP contribution in [0, 0.1) is 24.2 Å². The maximum absolute atomic E-state index is 13.1. The Bertz CT molecular complexity index is 861. The van der Waals surface area contributed by atoms with Crippen LogP contribution in [0.4, 0.5) is 8.78 Å². The summed E-state index contributed by atoms with van der Waals surface area (Å²) >= 11 is 0. The molecule has 0 N–H and O–H groups in total. The molecule has 0 aliphatic rings. The molecule has 0 fully saturated rings. The van der Waals surface area contributed by atoms with Crippen molar-refractivity contribution in [3.63, 3.8) is 0 Å². The normalized spacial score (nSPS) is 11.5. The summed E-state index contributed by atoms with van der Waals surface area (Å²) in [6.45, 7) is 7.96. The molecule has 0 aliphatic carbocycles. The first kappa shape index (κ1) is 17.9. The van der Waals surface area contributed by atoms with E-state index in [0.717, 1.165) is 25.9 Å². The van der Waals surface area contributed by atoms with Gasteiger partial charge in [0.1, 0.15) is 0 Å². The molecule has 0 saturated heterocycles. The molecule has 2 aromatic rings. The van der Waals surface area contributed by atoms with Crippen LogP contribution in [0.25, 0.3) is 0 Å². The van der Waals surface area contributed by atoms with Gasteiger partial charge in [0.25, 0.3) is 6.43 Å². The molecule has 4 nitrogen and oxygen atoms in total. The van der Waals surface area contributed by atoms with Crippen LogP contribution in [-0.2, 0) is 13.6 Å². The van der Waals surface area contributed by atoms with Crippen LogP contribution in [0.15, 0.2) is 23.0 Å². The van der Waals surface area contributed by atoms with E-state index in [1.54, 1.807) is 0 Å². The first-order chi connectivity index (χ1) is 11.1. The van der Waals surface area contributed by atoms with Crippen LogP contribution in [0.2, 0.25) is 0 Å². The van der Waals surface area contributed by atoms with Gasteiger partial charge in [-0.2, -0.15) is 0 Å². The van der Waals surface area contributed by atoms with Gasteiger partial charge < -0.3 is 0 Å². The Labute approximate surface area is 140 Å². The van der Waals surface area contributed by atoms with Gasteiger partial charge in [0.2, 0.25) is 5.82 Å². The van der Waals surface area contributed by atoms with E-state index < -0.39 is 17.9 Å². The fourth-order valence-electron chi connectivity index (χ4n) is 2.18. The second-order valence-corrected chi connectivity index (χ2v) is 6.79. The zero-order chi connectivity index (χ0) is 18.1. The van der Waals surface area contributed by atoms with Crippen LogP contribution in [0.1, 0.15) is 49.7 Å². The Hall–Kier alpha value is -2.42. The number of halogens is 2. The smallest absolute Gasteiger partial charge is 0.270 e. The zero-order valence-corrected chi connectivity index (χ0v) is 14.5. The molecule has 128 valence electrons. The third-order valence-electron chi connectivity index (χ3n) is 3.49. The highest BCUT2D eigenvalue weighted by Crippen LogP contribution is 2.18. The molecule has 0 bridgehead atoms. The minimum absolute atomic E-state index is 0.0449. The van der Waals surface area contributed by atoms with Crippen molar-refractivity contribution in [3.8, 4) is 11.8 Å². The lowest BCUT2D eigenvalue weighted by molar-refractivity contribution is 0.134. The number of hydrogen-bond acceptors (Lipinski definition) is 2. The summed E-state index contributed by atoms with van der Waals surface area (Å²) in [6.07, 6.45) is -2.80. The molecule has 6 heteroatoms. The van der Waals surface area contributed by atoms with E-state index in [4.69, 9.17) is 0 Å². The first-order valence-electron chi connectivity index (χ1n) is 7.63. The summed E-state index contributed by atoms with van der Waals surface area (Å²) in [7, 11) is 1.36. The summed E-state index contributed by atoms with van der Waals surface area (Å²) in [5, 5.41) is 3.62. The van der Waals surface area contributed by atoms with Gasteiger partial charge in [0.05, 0.1) is 6.54 Å². The van der Waals surface area contributed by atoms with E-state index in [2.05, 4.69) is 16.9 Å². The first-order valence-corrected chi connectivity index (χ1v) is 7.63. The number of alkyl halides is 2. The monoisotopic (exact) mass is 333 g/mol. The van der Waals surface area contributed by atoms with Gasteiger partial charge in [-0.1, -0.05) is 17.9 Å². The second kappa shape index (κ2) is 6.60. The van der Waals surface area contributed by atoms with Crippen molar-refractivity contribution in [2.75, 3.05) is 0 Å². The third kappa shape index (κ3) is 4.10. The van der Waals surface area contributed by atoms with Crippen LogP contribution in [-0.4, -0.2) is 14.3 Å². The van der Waals surface area contributed by atoms with Crippen molar-refractivity contribution >= 4 is 0 Å². The molecule has 0 saturated carbocycles. The maximum Gasteiger partial charge on any atom is 0.346 e. The lowest BCUT2D eigenvalue weighted by atomic mass is 9.97. The summed E-state index contributed by atoms with van der Waals surface area (Å²) in [6, 6.07) is 5.60. The summed E-state index contributed by atoms with van der Waals surface area (Å²) in [5.41, 5.74) is 1.78. The minimum atomic E-state index is -2.80. The lowest BCUT2D eigenvalue weighted by Crippen LogP contribution is -2.24. The van der Waals surface area contributed by atoms with Crippen molar-refractivity contribution in [2.24, 2.45) is 12.5 Å². The lowest BCUT2D eigenvalue weighted by Gasteiger charge is -2.10. The van der Waals surface area contributed by atoms with Crippen molar-refractivity contribution in [1.29, 1.82) is 0 Å². The number of aryl methyl sites for hydroxylation is 2. The van der Waals surface area contributed by atoms with Gasteiger partial charge in [0, 0.05) is 18.0 Å². The van der Waals surface area contributed by atoms with Crippen molar-refractivity contribution in [2.45, 2.75) is 40.7 Å². The Morgan fingerprint density at radius 3 is 2.54 bits per heavy atom. The molecule has 0 radical (unpaired) electrons. The molecule has 1 aromatic carbocycles. The fraction of sp³-hybridized carbons (Fsp3) is 0.444. The third-order valence-corrected chi connectivity index (χ3v) is 3.49. The SMILES string of the molecule is Cc1ccc(C#CC(C)(C)C)cc1Cn1c(C(F)F)nn(C)c1=O. The Morgan fingerprint density at radius 2 is 1.96 bits per heavy atom. The van der Waals surface area contributed by atoms with Crippen LogP contribution >= 0.6 is 0 Å². The molecule has 24 heavy (non-hydrogen) atoms. The summed E-state index contributed by atoms with van der Waals surface area (Å²) in [4.78, 5) is 12.1. The predicted molar refractivity (Wildman–Crippen MR) is 89.0 cm³/mol. The topological polar surface area (TPSA) is 39.8 Å². The highest BCUT2D eigenvalue weighted by molar-refractivity contribution is 5.41. The minimum Gasteiger partial charge on any atom is -0.270 e. The van der Waals surface area contributed by atoms with Crippen molar-refractivity contribution in [3.05, 3.63) is 51.2 Å². The molecule has 0 spiro atoms. The molecule has 0 atom stereocenters. The Morgan fingerprint density at radius 1 is 1.29 bits per heavy atom. The average Bonchev–Trinajstić information content (AvgIpc) is 2.75. The van der Waals surface area contributed by atoms with Gasteiger partial charge in [0.15, 0.2) is 0 Å².